The quantitative estimate of drug-likeness (QED) is 0.903. The lowest BCUT2D eigenvalue weighted by Gasteiger charge is -2.25. The molecule has 1 fully saturated rings. The highest BCUT2D eigenvalue weighted by Gasteiger charge is 2.20. The molecule has 146 valence electrons. The standard InChI is InChI=1S/C22H31N3O2/c1-22(2,3)17-11-9-16(10-12-17)15-18-19(23-21(27)24(4)20(18)26)25-13-7-5-6-8-14-25/h9-12H,5-8,13-15H2,1-4H3,(H,23,27). The van der Waals surface area contributed by atoms with Gasteiger partial charge in [0.1, 0.15) is 5.82 Å². The minimum Gasteiger partial charge on any atom is -0.358 e. The lowest BCUT2D eigenvalue weighted by Crippen LogP contribution is -2.39. The summed E-state index contributed by atoms with van der Waals surface area (Å²) in [5.74, 6) is 0.713. The summed E-state index contributed by atoms with van der Waals surface area (Å²) in [6.07, 6.45) is 5.12. The van der Waals surface area contributed by atoms with Crippen LogP contribution in [0.25, 0.3) is 0 Å². The number of nitrogens with zero attached hydrogens (tertiary/aromatic N) is 2. The minimum absolute atomic E-state index is 0.101. The molecule has 2 heterocycles. The number of hydrogen-bond acceptors (Lipinski definition) is 3. The Bertz CT molecular complexity index is 893. The van der Waals surface area contributed by atoms with Gasteiger partial charge in [0.05, 0.1) is 5.56 Å². The van der Waals surface area contributed by atoms with Crippen LogP contribution in [0, 0.1) is 0 Å². The second-order valence-electron chi connectivity index (χ2n) is 8.65. The van der Waals surface area contributed by atoms with Crippen LogP contribution in [0.1, 0.15) is 63.1 Å². The molecule has 2 aromatic rings. The molecule has 0 unspecified atom stereocenters. The van der Waals surface area contributed by atoms with E-state index in [-0.39, 0.29) is 16.7 Å². The van der Waals surface area contributed by atoms with Gasteiger partial charge in [0.25, 0.3) is 5.56 Å². The van der Waals surface area contributed by atoms with Crippen LogP contribution >= 0.6 is 0 Å². The van der Waals surface area contributed by atoms with Crippen molar-refractivity contribution in [2.75, 3.05) is 18.0 Å². The van der Waals surface area contributed by atoms with Crippen molar-refractivity contribution in [2.45, 2.75) is 58.3 Å². The minimum atomic E-state index is -0.342. The second kappa shape index (κ2) is 7.75. The Morgan fingerprint density at radius 1 is 0.963 bits per heavy atom. The van der Waals surface area contributed by atoms with Gasteiger partial charge < -0.3 is 4.90 Å². The SMILES string of the molecule is Cn1c(=O)[nH]c(N2CCCCCC2)c(Cc2ccc(C(C)(C)C)cc2)c1=O. The number of hydrogen-bond donors (Lipinski definition) is 1. The highest BCUT2D eigenvalue weighted by Crippen LogP contribution is 2.24. The van der Waals surface area contributed by atoms with Crippen molar-refractivity contribution in [3.63, 3.8) is 0 Å². The van der Waals surface area contributed by atoms with Crippen molar-refractivity contribution >= 4 is 5.82 Å². The summed E-state index contributed by atoms with van der Waals surface area (Å²) >= 11 is 0. The van der Waals surface area contributed by atoms with E-state index in [0.29, 0.717) is 17.8 Å². The maximum atomic E-state index is 12.9. The lowest BCUT2D eigenvalue weighted by atomic mass is 9.86. The Labute approximate surface area is 161 Å². The molecule has 1 aliphatic rings. The Balaban J connectivity index is 1.99. The molecular weight excluding hydrogens is 338 g/mol. The second-order valence-corrected chi connectivity index (χ2v) is 8.65. The van der Waals surface area contributed by atoms with Gasteiger partial charge in [-0.25, -0.2) is 4.79 Å². The van der Waals surface area contributed by atoms with Crippen molar-refractivity contribution in [1.29, 1.82) is 0 Å². The fourth-order valence-electron chi connectivity index (χ4n) is 3.71. The molecule has 1 N–H and O–H groups in total. The summed E-state index contributed by atoms with van der Waals surface area (Å²) in [7, 11) is 1.54. The van der Waals surface area contributed by atoms with Gasteiger partial charge >= 0.3 is 5.69 Å². The molecule has 0 atom stereocenters. The lowest BCUT2D eigenvalue weighted by molar-refractivity contribution is 0.590. The van der Waals surface area contributed by atoms with Crippen LogP contribution in [0.2, 0.25) is 0 Å². The van der Waals surface area contributed by atoms with Crippen molar-refractivity contribution in [3.8, 4) is 0 Å². The van der Waals surface area contributed by atoms with E-state index in [4.69, 9.17) is 0 Å². The number of nitrogens with one attached hydrogen (secondary N) is 1. The molecule has 1 aromatic heterocycles. The molecule has 3 rings (SSSR count). The third kappa shape index (κ3) is 4.34. The van der Waals surface area contributed by atoms with Crippen LogP contribution in [-0.4, -0.2) is 22.6 Å². The van der Waals surface area contributed by atoms with Gasteiger partial charge in [0.15, 0.2) is 0 Å². The Morgan fingerprint density at radius 2 is 1.56 bits per heavy atom. The maximum absolute atomic E-state index is 12.9. The Hall–Kier alpha value is -2.30. The zero-order valence-corrected chi connectivity index (χ0v) is 17.0. The fraction of sp³-hybridized carbons (Fsp3) is 0.545. The van der Waals surface area contributed by atoms with Crippen molar-refractivity contribution in [1.82, 2.24) is 9.55 Å². The predicted molar refractivity (Wildman–Crippen MR) is 111 cm³/mol. The monoisotopic (exact) mass is 369 g/mol. The third-order valence-electron chi connectivity index (χ3n) is 5.50. The molecule has 0 saturated carbocycles. The van der Waals surface area contributed by atoms with Crippen LogP contribution in [0.15, 0.2) is 33.9 Å². The first kappa shape index (κ1) is 19.5. The van der Waals surface area contributed by atoms with Crippen molar-refractivity contribution in [2.24, 2.45) is 7.05 Å². The van der Waals surface area contributed by atoms with Gasteiger partial charge in [-0.05, 0) is 29.4 Å². The number of H-pyrrole nitrogens is 1. The molecule has 27 heavy (non-hydrogen) atoms. The molecule has 0 spiro atoms. The van der Waals surface area contributed by atoms with E-state index < -0.39 is 0 Å². The smallest absolute Gasteiger partial charge is 0.329 e. The summed E-state index contributed by atoms with van der Waals surface area (Å²) in [6, 6.07) is 8.46. The zero-order valence-electron chi connectivity index (χ0n) is 17.0. The first-order chi connectivity index (χ1) is 12.8. The van der Waals surface area contributed by atoms with Gasteiger partial charge in [-0.15, -0.1) is 0 Å². The van der Waals surface area contributed by atoms with Crippen molar-refractivity contribution < 1.29 is 0 Å². The van der Waals surface area contributed by atoms with E-state index >= 15 is 0 Å². The summed E-state index contributed by atoms with van der Waals surface area (Å²) in [5.41, 5.74) is 2.60. The molecule has 0 aliphatic carbocycles. The molecule has 0 bridgehead atoms. The van der Waals surface area contributed by atoms with E-state index in [2.05, 4.69) is 54.9 Å². The summed E-state index contributed by atoms with van der Waals surface area (Å²) in [5, 5.41) is 0. The zero-order chi connectivity index (χ0) is 19.6. The highest BCUT2D eigenvalue weighted by molar-refractivity contribution is 5.48. The van der Waals surface area contributed by atoms with Crippen LogP contribution < -0.4 is 16.1 Å². The predicted octanol–water partition coefficient (Wildman–Crippen LogP) is 3.34. The molecule has 0 amide bonds. The van der Waals surface area contributed by atoms with Gasteiger partial charge in [0.2, 0.25) is 0 Å². The van der Waals surface area contributed by atoms with E-state index in [1.807, 2.05) is 0 Å². The summed E-state index contributed by atoms with van der Waals surface area (Å²) in [4.78, 5) is 30.3. The molecule has 1 aliphatic heterocycles. The van der Waals surface area contributed by atoms with E-state index in [0.717, 1.165) is 31.5 Å². The molecule has 1 saturated heterocycles. The van der Waals surface area contributed by atoms with E-state index in [1.54, 1.807) is 7.05 Å². The molecule has 5 nitrogen and oxygen atoms in total. The summed E-state index contributed by atoms with van der Waals surface area (Å²) in [6.45, 7) is 8.35. The number of aromatic amines is 1. The number of benzene rings is 1. The summed E-state index contributed by atoms with van der Waals surface area (Å²) < 4.78 is 1.18. The third-order valence-corrected chi connectivity index (χ3v) is 5.50. The van der Waals surface area contributed by atoms with Gasteiger partial charge in [0, 0.05) is 26.6 Å². The van der Waals surface area contributed by atoms with Crippen LogP contribution in [-0.2, 0) is 18.9 Å². The number of rotatable bonds is 3. The largest absolute Gasteiger partial charge is 0.358 e. The van der Waals surface area contributed by atoms with Crippen molar-refractivity contribution in [3.05, 3.63) is 61.8 Å². The average Bonchev–Trinajstić information content (AvgIpc) is 2.91. The molecule has 1 aromatic carbocycles. The normalized spacial score (nSPS) is 15.6. The first-order valence-electron chi connectivity index (χ1n) is 9.94. The van der Waals surface area contributed by atoms with Crippen LogP contribution in [0.3, 0.4) is 0 Å². The topological polar surface area (TPSA) is 58.1 Å². The number of anilines is 1. The van der Waals surface area contributed by atoms with Crippen LogP contribution in [0.5, 0.6) is 0 Å². The van der Waals surface area contributed by atoms with E-state index in [9.17, 15) is 9.59 Å². The van der Waals surface area contributed by atoms with Crippen LogP contribution in [0.4, 0.5) is 5.82 Å². The average molecular weight is 370 g/mol. The highest BCUT2D eigenvalue weighted by atomic mass is 16.2. The maximum Gasteiger partial charge on any atom is 0.329 e. The number of aromatic nitrogens is 2. The van der Waals surface area contributed by atoms with Gasteiger partial charge in [-0.3, -0.25) is 14.3 Å². The van der Waals surface area contributed by atoms with E-state index in [1.165, 1.54) is 23.0 Å². The van der Waals surface area contributed by atoms with Gasteiger partial charge in [-0.1, -0.05) is 57.9 Å². The Kier molecular flexibility index (Phi) is 5.59. The Morgan fingerprint density at radius 3 is 2.11 bits per heavy atom. The molecular formula is C22H31N3O2. The fourth-order valence-corrected chi connectivity index (χ4v) is 3.71. The molecule has 0 radical (unpaired) electrons. The molecule has 5 heteroatoms. The van der Waals surface area contributed by atoms with Gasteiger partial charge in [-0.2, -0.15) is 0 Å². The first-order valence-corrected chi connectivity index (χ1v) is 9.94.